The molecule has 0 atom stereocenters. The normalized spacial score (nSPS) is 10.6. The van der Waals surface area contributed by atoms with E-state index in [1.165, 1.54) is 18.3 Å². The number of nitrogens with one attached hydrogen (secondary N) is 1. The number of carbonyl (C=O) groups excluding carboxylic acids is 1. The molecule has 0 spiro atoms. The van der Waals surface area contributed by atoms with Gasteiger partial charge in [-0.25, -0.2) is 4.39 Å². The van der Waals surface area contributed by atoms with E-state index < -0.39 is 0 Å². The van der Waals surface area contributed by atoms with Gasteiger partial charge in [0.2, 0.25) is 0 Å². The molecule has 6 nitrogen and oxygen atoms in total. The Balaban J connectivity index is 1.54. The Bertz CT molecular complexity index is 1010. The van der Waals surface area contributed by atoms with Crippen molar-refractivity contribution >= 4 is 17.8 Å². The van der Waals surface area contributed by atoms with Crippen LogP contribution in [0.25, 0.3) is 0 Å². The summed E-state index contributed by atoms with van der Waals surface area (Å²) in [7, 11) is 0. The molecule has 7 heteroatoms. The summed E-state index contributed by atoms with van der Waals surface area (Å²) in [5, 5.41) is 6.55. The van der Waals surface area contributed by atoms with Crippen molar-refractivity contribution in [3.8, 4) is 11.5 Å². The Morgan fingerprint density at radius 1 is 1.00 bits per heavy atom. The second kappa shape index (κ2) is 11.3. The Morgan fingerprint density at radius 2 is 1.77 bits per heavy atom. The molecule has 0 bridgehead atoms. The molecule has 0 saturated heterocycles. The summed E-state index contributed by atoms with van der Waals surface area (Å²) in [5.74, 6) is 0.520. The number of hydrogen-bond donors (Lipinski definition) is 1. The molecule has 0 unspecified atom stereocenters. The zero-order valence-electron chi connectivity index (χ0n) is 17.1. The Kier molecular flexibility index (Phi) is 7.99. The molecule has 1 N–H and O–H groups in total. The number of rotatable bonds is 10. The minimum Gasteiger partial charge on any atom is -0.490 e. The average molecular weight is 422 g/mol. The first-order valence-corrected chi connectivity index (χ1v) is 9.78. The fourth-order valence-corrected chi connectivity index (χ4v) is 2.65. The first-order valence-electron chi connectivity index (χ1n) is 9.78. The Hall–Kier alpha value is -3.87. The van der Waals surface area contributed by atoms with Crippen LogP contribution in [0, 0.1) is 5.82 Å². The number of para-hydroxylation sites is 1. The molecule has 0 aromatic heterocycles. The third-order valence-electron chi connectivity index (χ3n) is 4.10. The highest BCUT2D eigenvalue weighted by Crippen LogP contribution is 2.29. The van der Waals surface area contributed by atoms with Crippen LogP contribution in [0.5, 0.6) is 11.5 Å². The van der Waals surface area contributed by atoms with Gasteiger partial charge < -0.3 is 19.6 Å². The summed E-state index contributed by atoms with van der Waals surface area (Å²) in [6.45, 7) is 2.42. The molecular formula is C24H23FN2O4. The van der Waals surface area contributed by atoms with E-state index in [0.717, 1.165) is 11.1 Å². The largest absolute Gasteiger partial charge is 0.490 e. The van der Waals surface area contributed by atoms with E-state index in [4.69, 9.17) is 14.3 Å². The zero-order chi connectivity index (χ0) is 21.9. The van der Waals surface area contributed by atoms with Crippen molar-refractivity contribution in [1.82, 2.24) is 0 Å². The van der Waals surface area contributed by atoms with E-state index in [2.05, 4.69) is 10.5 Å². The molecule has 0 aliphatic rings. The molecule has 0 radical (unpaired) electrons. The molecule has 31 heavy (non-hydrogen) atoms. The predicted octanol–water partition coefficient (Wildman–Crippen LogP) is 4.79. The van der Waals surface area contributed by atoms with Crippen molar-refractivity contribution in [3.63, 3.8) is 0 Å². The van der Waals surface area contributed by atoms with Crippen LogP contribution in [-0.2, 0) is 16.2 Å². The van der Waals surface area contributed by atoms with Gasteiger partial charge in [0.05, 0.1) is 12.8 Å². The van der Waals surface area contributed by atoms with Gasteiger partial charge in [0.1, 0.15) is 12.4 Å². The lowest BCUT2D eigenvalue weighted by Crippen LogP contribution is -2.16. The lowest BCUT2D eigenvalue weighted by atomic mass is 10.2. The molecule has 0 aliphatic heterocycles. The fraction of sp³-hybridized carbons (Fsp3) is 0.167. The molecule has 0 fully saturated rings. The number of carbonyl (C=O) groups is 1. The molecule has 0 aliphatic carbocycles. The van der Waals surface area contributed by atoms with E-state index in [-0.39, 0.29) is 24.9 Å². The summed E-state index contributed by atoms with van der Waals surface area (Å²) < 4.78 is 24.5. The van der Waals surface area contributed by atoms with Crippen molar-refractivity contribution in [2.45, 2.75) is 13.5 Å². The van der Waals surface area contributed by atoms with Gasteiger partial charge >= 0.3 is 0 Å². The van der Waals surface area contributed by atoms with Crippen LogP contribution in [0.15, 0.2) is 78.0 Å². The van der Waals surface area contributed by atoms with Gasteiger partial charge in [0.15, 0.2) is 18.1 Å². The van der Waals surface area contributed by atoms with Crippen LogP contribution >= 0.6 is 0 Å². The average Bonchev–Trinajstić information content (AvgIpc) is 2.78. The van der Waals surface area contributed by atoms with E-state index in [0.29, 0.717) is 23.8 Å². The van der Waals surface area contributed by atoms with Gasteiger partial charge in [-0.15, -0.1) is 0 Å². The molecule has 3 aromatic rings. The predicted molar refractivity (Wildman–Crippen MR) is 117 cm³/mol. The highest BCUT2D eigenvalue weighted by molar-refractivity contribution is 5.91. The van der Waals surface area contributed by atoms with Crippen molar-refractivity contribution in [2.24, 2.45) is 5.16 Å². The zero-order valence-corrected chi connectivity index (χ0v) is 17.1. The van der Waals surface area contributed by atoms with Gasteiger partial charge in [-0.3, -0.25) is 4.79 Å². The maximum Gasteiger partial charge on any atom is 0.265 e. The number of halogens is 1. The maximum atomic E-state index is 13.0. The third kappa shape index (κ3) is 7.15. The van der Waals surface area contributed by atoms with Crippen LogP contribution in [0.4, 0.5) is 10.1 Å². The fourth-order valence-electron chi connectivity index (χ4n) is 2.65. The summed E-state index contributed by atoms with van der Waals surface area (Å²) in [6.07, 6.45) is 1.49. The Labute approximate surface area is 180 Å². The number of oxime groups is 1. The van der Waals surface area contributed by atoms with Crippen LogP contribution in [-0.4, -0.2) is 25.3 Å². The second-order valence-electron chi connectivity index (χ2n) is 6.48. The number of nitrogens with zero attached hydrogens (tertiary/aromatic N) is 1. The maximum absolute atomic E-state index is 13.0. The minimum absolute atomic E-state index is 0.206. The van der Waals surface area contributed by atoms with E-state index in [1.54, 1.807) is 42.5 Å². The topological polar surface area (TPSA) is 69.2 Å². The standard InChI is InChI=1S/C24H23FN2O4/c1-2-29-23-14-19(10-13-22(23)30-16-18-8-11-20(25)12-9-18)15-26-31-17-24(28)27-21-6-4-3-5-7-21/h3-15H,2,16-17H2,1H3,(H,27,28). The lowest BCUT2D eigenvalue weighted by molar-refractivity contribution is -0.120. The van der Waals surface area contributed by atoms with Gasteiger partial charge in [-0.05, 0) is 55.0 Å². The number of hydrogen-bond acceptors (Lipinski definition) is 5. The lowest BCUT2D eigenvalue weighted by Gasteiger charge is -2.12. The smallest absolute Gasteiger partial charge is 0.265 e. The SMILES string of the molecule is CCOc1cc(C=NOCC(=O)Nc2ccccc2)ccc1OCc1ccc(F)cc1. The number of benzene rings is 3. The van der Waals surface area contributed by atoms with Gasteiger partial charge in [-0.1, -0.05) is 35.5 Å². The minimum atomic E-state index is -0.303. The molecule has 1 amide bonds. The molecule has 3 rings (SSSR count). The molecule has 0 saturated carbocycles. The Morgan fingerprint density at radius 3 is 2.52 bits per heavy atom. The quantitative estimate of drug-likeness (QED) is 0.377. The van der Waals surface area contributed by atoms with Gasteiger partial charge in [-0.2, -0.15) is 0 Å². The highest BCUT2D eigenvalue weighted by Gasteiger charge is 2.07. The third-order valence-corrected chi connectivity index (χ3v) is 4.10. The number of amides is 1. The van der Waals surface area contributed by atoms with E-state index in [9.17, 15) is 9.18 Å². The van der Waals surface area contributed by atoms with Crippen LogP contribution < -0.4 is 14.8 Å². The monoisotopic (exact) mass is 422 g/mol. The van der Waals surface area contributed by atoms with Crippen LogP contribution in [0.2, 0.25) is 0 Å². The van der Waals surface area contributed by atoms with Crippen molar-refractivity contribution in [3.05, 3.63) is 89.7 Å². The first kappa shape index (κ1) is 21.8. The summed E-state index contributed by atoms with van der Waals surface area (Å²) in [5.41, 5.74) is 2.26. The number of anilines is 1. The molecular weight excluding hydrogens is 399 g/mol. The van der Waals surface area contributed by atoms with Crippen molar-refractivity contribution in [2.75, 3.05) is 18.5 Å². The van der Waals surface area contributed by atoms with E-state index in [1.807, 2.05) is 25.1 Å². The highest BCUT2D eigenvalue weighted by atomic mass is 19.1. The van der Waals surface area contributed by atoms with E-state index >= 15 is 0 Å². The van der Waals surface area contributed by atoms with Gasteiger partial charge in [0.25, 0.3) is 5.91 Å². The first-order chi connectivity index (χ1) is 15.1. The number of ether oxygens (including phenoxy) is 2. The molecule has 160 valence electrons. The molecule has 3 aromatic carbocycles. The summed E-state index contributed by atoms with van der Waals surface area (Å²) in [4.78, 5) is 16.9. The van der Waals surface area contributed by atoms with Gasteiger partial charge in [0, 0.05) is 11.3 Å². The van der Waals surface area contributed by atoms with Crippen LogP contribution in [0.3, 0.4) is 0 Å². The summed E-state index contributed by atoms with van der Waals surface area (Å²) in [6, 6.07) is 20.5. The van der Waals surface area contributed by atoms with Crippen molar-refractivity contribution < 1.29 is 23.5 Å². The summed E-state index contributed by atoms with van der Waals surface area (Å²) >= 11 is 0. The van der Waals surface area contributed by atoms with Crippen LogP contribution in [0.1, 0.15) is 18.1 Å². The molecule has 0 heterocycles. The second-order valence-corrected chi connectivity index (χ2v) is 6.48. The van der Waals surface area contributed by atoms with Crippen molar-refractivity contribution in [1.29, 1.82) is 0 Å².